The normalized spacial score (nSPS) is 10.0. The molecule has 15 heavy (non-hydrogen) atoms. The minimum atomic E-state index is -1.03. The molecule has 0 unspecified atom stereocenters. The zero-order valence-electron chi connectivity index (χ0n) is 7.67. The quantitative estimate of drug-likeness (QED) is 0.684. The molecule has 0 spiro atoms. The second-order valence-electron chi connectivity index (χ2n) is 2.94. The Morgan fingerprint density at radius 3 is 2.60 bits per heavy atom. The Hall–Kier alpha value is -0.980. The van der Waals surface area contributed by atoms with Crippen LogP contribution in [0.4, 0.5) is 4.39 Å². The average molecular weight is 322 g/mol. The van der Waals surface area contributed by atoms with E-state index >= 15 is 0 Å². The van der Waals surface area contributed by atoms with Gasteiger partial charge in [0.15, 0.2) is 5.78 Å². The van der Waals surface area contributed by atoms with Crippen LogP contribution in [0, 0.1) is 9.39 Å². The first kappa shape index (κ1) is 12.1. The minimum absolute atomic E-state index is 0.102. The summed E-state index contributed by atoms with van der Waals surface area (Å²) in [6.45, 7) is 0. The Morgan fingerprint density at radius 1 is 1.33 bits per heavy atom. The lowest BCUT2D eigenvalue weighted by atomic mass is 10.1. The number of carboxylic acids is 1. The van der Waals surface area contributed by atoms with Crippen LogP contribution in [0.1, 0.15) is 23.2 Å². The summed E-state index contributed by atoms with van der Waals surface area (Å²) in [7, 11) is 0. The van der Waals surface area contributed by atoms with E-state index in [2.05, 4.69) is 0 Å². The molecule has 0 heterocycles. The summed E-state index contributed by atoms with van der Waals surface area (Å²) in [5, 5.41) is 8.40. The van der Waals surface area contributed by atoms with E-state index in [0.717, 1.165) is 6.07 Å². The number of halogens is 2. The van der Waals surface area contributed by atoms with Gasteiger partial charge < -0.3 is 5.11 Å². The summed E-state index contributed by atoms with van der Waals surface area (Å²) in [6, 6.07) is 3.88. The maximum Gasteiger partial charge on any atom is 0.303 e. The van der Waals surface area contributed by atoms with Gasteiger partial charge in [-0.15, -0.1) is 0 Å². The minimum Gasteiger partial charge on any atom is -0.481 e. The standard InChI is InChI=1S/C10H8FIO3/c11-6-1-2-8(12)7(5-6)9(13)3-4-10(14)15/h1-2,5H,3-4H2,(H,14,15). The Morgan fingerprint density at radius 2 is 2.00 bits per heavy atom. The second kappa shape index (κ2) is 5.20. The first-order valence-corrected chi connectivity index (χ1v) is 5.28. The molecule has 0 radical (unpaired) electrons. The van der Waals surface area contributed by atoms with Crippen LogP contribution in [-0.2, 0) is 4.79 Å². The molecule has 0 saturated heterocycles. The maximum absolute atomic E-state index is 12.8. The lowest BCUT2D eigenvalue weighted by Gasteiger charge is -2.02. The molecule has 0 aliphatic heterocycles. The highest BCUT2D eigenvalue weighted by Crippen LogP contribution is 2.16. The highest BCUT2D eigenvalue weighted by molar-refractivity contribution is 14.1. The zero-order valence-corrected chi connectivity index (χ0v) is 9.82. The number of hydrogen-bond acceptors (Lipinski definition) is 2. The highest BCUT2D eigenvalue weighted by Gasteiger charge is 2.12. The van der Waals surface area contributed by atoms with Crippen LogP contribution in [0.3, 0.4) is 0 Å². The van der Waals surface area contributed by atoms with Crippen molar-refractivity contribution in [3.63, 3.8) is 0 Å². The third kappa shape index (κ3) is 3.58. The number of carboxylic acid groups (broad SMARTS) is 1. The number of Topliss-reactive ketones (excluding diaryl/α,β-unsaturated/α-hetero) is 1. The smallest absolute Gasteiger partial charge is 0.303 e. The van der Waals surface area contributed by atoms with Crippen molar-refractivity contribution in [2.45, 2.75) is 12.8 Å². The number of ketones is 1. The number of rotatable bonds is 4. The van der Waals surface area contributed by atoms with Gasteiger partial charge in [0.2, 0.25) is 0 Å². The van der Waals surface area contributed by atoms with Crippen LogP contribution in [0.5, 0.6) is 0 Å². The molecular weight excluding hydrogens is 314 g/mol. The van der Waals surface area contributed by atoms with E-state index in [0.29, 0.717) is 3.57 Å². The van der Waals surface area contributed by atoms with Crippen molar-refractivity contribution >= 4 is 34.3 Å². The summed E-state index contributed by atoms with van der Waals surface area (Å²) < 4.78 is 13.5. The van der Waals surface area contributed by atoms with E-state index in [4.69, 9.17) is 5.11 Å². The maximum atomic E-state index is 12.8. The van der Waals surface area contributed by atoms with Crippen molar-refractivity contribution in [3.05, 3.63) is 33.1 Å². The van der Waals surface area contributed by atoms with E-state index in [-0.39, 0.29) is 24.2 Å². The molecule has 0 amide bonds. The predicted molar refractivity (Wildman–Crippen MR) is 60.3 cm³/mol. The summed E-state index contributed by atoms with van der Waals surface area (Å²) in [5.74, 6) is -1.87. The molecule has 1 N–H and O–H groups in total. The summed E-state index contributed by atoms with van der Waals surface area (Å²) >= 11 is 1.91. The zero-order chi connectivity index (χ0) is 11.4. The summed E-state index contributed by atoms with van der Waals surface area (Å²) in [6.07, 6.45) is -0.333. The van der Waals surface area contributed by atoms with Gasteiger partial charge in [0.05, 0.1) is 6.42 Å². The van der Waals surface area contributed by atoms with E-state index in [1.165, 1.54) is 12.1 Å². The summed E-state index contributed by atoms with van der Waals surface area (Å²) in [4.78, 5) is 21.7. The molecule has 3 nitrogen and oxygen atoms in total. The Bertz CT molecular complexity index is 404. The average Bonchev–Trinajstić information content (AvgIpc) is 2.18. The van der Waals surface area contributed by atoms with Crippen LogP contribution in [-0.4, -0.2) is 16.9 Å². The first-order chi connectivity index (χ1) is 7.00. The molecule has 1 rings (SSSR count). The number of carbonyl (C=O) groups excluding carboxylic acids is 1. The van der Waals surface area contributed by atoms with Crippen molar-refractivity contribution < 1.29 is 19.1 Å². The van der Waals surface area contributed by atoms with Crippen LogP contribution < -0.4 is 0 Å². The third-order valence-electron chi connectivity index (χ3n) is 1.79. The fraction of sp³-hybridized carbons (Fsp3) is 0.200. The molecule has 0 aliphatic carbocycles. The fourth-order valence-electron chi connectivity index (χ4n) is 1.07. The van der Waals surface area contributed by atoms with Gasteiger partial charge in [-0.1, -0.05) is 0 Å². The second-order valence-corrected chi connectivity index (χ2v) is 4.10. The SMILES string of the molecule is O=C(O)CCC(=O)c1cc(F)ccc1I. The molecule has 0 bridgehead atoms. The molecule has 1 aromatic carbocycles. The Kier molecular flexibility index (Phi) is 4.19. The van der Waals surface area contributed by atoms with Gasteiger partial charge in [0.25, 0.3) is 0 Å². The van der Waals surface area contributed by atoms with Crippen molar-refractivity contribution in [1.82, 2.24) is 0 Å². The van der Waals surface area contributed by atoms with Crippen molar-refractivity contribution in [3.8, 4) is 0 Å². The Labute approximate surface area is 99.4 Å². The predicted octanol–water partition coefficient (Wildman–Crippen LogP) is 2.48. The molecule has 0 fully saturated rings. The number of carbonyl (C=O) groups is 2. The van der Waals surface area contributed by atoms with E-state index < -0.39 is 11.8 Å². The van der Waals surface area contributed by atoms with Gasteiger partial charge in [0, 0.05) is 15.6 Å². The fourth-order valence-corrected chi connectivity index (χ4v) is 1.70. The number of aliphatic carboxylic acids is 1. The molecule has 0 saturated carbocycles. The van der Waals surface area contributed by atoms with Crippen LogP contribution >= 0.6 is 22.6 Å². The lowest BCUT2D eigenvalue weighted by Crippen LogP contribution is -2.05. The molecule has 80 valence electrons. The van der Waals surface area contributed by atoms with Crippen LogP contribution in [0.2, 0.25) is 0 Å². The molecule has 5 heteroatoms. The largest absolute Gasteiger partial charge is 0.481 e. The molecule has 1 aromatic rings. The highest BCUT2D eigenvalue weighted by atomic mass is 127. The van der Waals surface area contributed by atoms with Gasteiger partial charge in [-0.2, -0.15) is 0 Å². The Balaban J connectivity index is 2.81. The van der Waals surface area contributed by atoms with Crippen LogP contribution in [0.15, 0.2) is 18.2 Å². The van der Waals surface area contributed by atoms with Crippen molar-refractivity contribution in [2.75, 3.05) is 0 Å². The van der Waals surface area contributed by atoms with Gasteiger partial charge in [-0.3, -0.25) is 9.59 Å². The van der Waals surface area contributed by atoms with Crippen molar-refractivity contribution in [1.29, 1.82) is 0 Å². The number of hydrogen-bond donors (Lipinski definition) is 1. The van der Waals surface area contributed by atoms with Crippen molar-refractivity contribution in [2.24, 2.45) is 0 Å². The van der Waals surface area contributed by atoms with Gasteiger partial charge >= 0.3 is 5.97 Å². The van der Waals surface area contributed by atoms with Crippen LogP contribution in [0.25, 0.3) is 0 Å². The van der Waals surface area contributed by atoms with Gasteiger partial charge in [0.1, 0.15) is 5.82 Å². The van der Waals surface area contributed by atoms with E-state index in [1.54, 1.807) is 0 Å². The van der Waals surface area contributed by atoms with Gasteiger partial charge in [-0.25, -0.2) is 4.39 Å². The first-order valence-electron chi connectivity index (χ1n) is 4.20. The molecular formula is C10H8FIO3. The van der Waals surface area contributed by atoms with E-state index in [9.17, 15) is 14.0 Å². The molecule has 0 aromatic heterocycles. The van der Waals surface area contributed by atoms with E-state index in [1.807, 2.05) is 22.6 Å². The summed E-state index contributed by atoms with van der Waals surface area (Å²) in [5.41, 5.74) is 0.247. The number of benzene rings is 1. The monoisotopic (exact) mass is 322 g/mol. The van der Waals surface area contributed by atoms with Gasteiger partial charge in [-0.05, 0) is 40.8 Å². The molecule has 0 atom stereocenters. The topological polar surface area (TPSA) is 54.4 Å². The third-order valence-corrected chi connectivity index (χ3v) is 2.74. The molecule has 0 aliphatic rings. The lowest BCUT2D eigenvalue weighted by molar-refractivity contribution is -0.136.